The van der Waals surface area contributed by atoms with E-state index in [0.717, 1.165) is 44.8 Å². The molecule has 0 spiro atoms. The Hall–Kier alpha value is -2.29. The molecule has 124 valence electrons. The number of hydrogen-bond acceptors (Lipinski definition) is 6. The highest BCUT2D eigenvalue weighted by molar-refractivity contribution is 5.87. The van der Waals surface area contributed by atoms with Gasteiger partial charge in [0.1, 0.15) is 0 Å². The number of aryl methyl sites for hydroxylation is 1. The van der Waals surface area contributed by atoms with E-state index >= 15 is 0 Å². The van der Waals surface area contributed by atoms with Crippen LogP contribution >= 0.6 is 0 Å². The summed E-state index contributed by atoms with van der Waals surface area (Å²) in [6, 6.07) is 2.14. The highest BCUT2D eigenvalue weighted by Gasteiger charge is 2.26. The fourth-order valence-electron chi connectivity index (χ4n) is 2.88. The molecule has 23 heavy (non-hydrogen) atoms. The first-order valence-electron chi connectivity index (χ1n) is 7.96. The summed E-state index contributed by atoms with van der Waals surface area (Å²) in [5.74, 6) is 1.40. The maximum Gasteiger partial charge on any atom is 0.222 e. The second-order valence-corrected chi connectivity index (χ2v) is 5.86. The van der Waals surface area contributed by atoms with Crippen LogP contribution in [0.1, 0.15) is 38.6 Å². The lowest BCUT2D eigenvalue weighted by Crippen LogP contribution is -2.24. The molecule has 9 heteroatoms. The van der Waals surface area contributed by atoms with Crippen molar-refractivity contribution in [2.45, 2.75) is 45.8 Å². The van der Waals surface area contributed by atoms with E-state index < -0.39 is 0 Å². The number of aromatic nitrogens is 6. The lowest BCUT2D eigenvalue weighted by molar-refractivity contribution is -0.114. The van der Waals surface area contributed by atoms with E-state index in [9.17, 15) is 4.79 Å². The highest BCUT2D eigenvalue weighted by Crippen LogP contribution is 2.23. The molecule has 0 aliphatic carbocycles. The van der Waals surface area contributed by atoms with E-state index in [4.69, 9.17) is 0 Å². The molecular formula is C14H22N8O. The van der Waals surface area contributed by atoms with Crippen molar-refractivity contribution in [2.24, 2.45) is 0 Å². The molecule has 2 aromatic heterocycles. The number of tetrazole rings is 1. The number of anilines is 1. The van der Waals surface area contributed by atoms with Crippen LogP contribution in [-0.2, 0) is 17.9 Å². The maximum atomic E-state index is 11.1. The van der Waals surface area contributed by atoms with Crippen molar-refractivity contribution in [3.63, 3.8) is 0 Å². The van der Waals surface area contributed by atoms with Gasteiger partial charge in [-0.2, -0.15) is 5.10 Å². The predicted octanol–water partition coefficient (Wildman–Crippen LogP) is 0.685. The smallest absolute Gasteiger partial charge is 0.222 e. The molecule has 0 aromatic carbocycles. The van der Waals surface area contributed by atoms with Crippen molar-refractivity contribution >= 4 is 11.7 Å². The van der Waals surface area contributed by atoms with Gasteiger partial charge in [-0.25, -0.2) is 4.68 Å². The minimum atomic E-state index is -0.106. The number of rotatable bonds is 6. The second kappa shape index (κ2) is 6.86. The molecule has 0 saturated carbocycles. The summed E-state index contributed by atoms with van der Waals surface area (Å²) in [6.45, 7) is 7.08. The van der Waals surface area contributed by atoms with Crippen molar-refractivity contribution < 1.29 is 4.79 Å². The van der Waals surface area contributed by atoms with Gasteiger partial charge in [-0.1, -0.05) is 6.92 Å². The first kappa shape index (κ1) is 15.6. The lowest BCUT2D eigenvalue weighted by Gasteiger charge is -2.15. The number of carbonyl (C=O) groups excluding carboxylic acids is 1. The number of nitrogens with zero attached hydrogens (tertiary/aromatic N) is 7. The van der Waals surface area contributed by atoms with E-state index in [-0.39, 0.29) is 5.91 Å². The molecule has 9 nitrogen and oxygen atoms in total. The zero-order valence-electron chi connectivity index (χ0n) is 13.5. The Morgan fingerprint density at radius 2 is 2.35 bits per heavy atom. The molecule has 1 atom stereocenters. The molecule has 1 saturated heterocycles. The fraction of sp³-hybridized carbons (Fsp3) is 0.643. The van der Waals surface area contributed by atoms with Crippen LogP contribution in [-0.4, -0.2) is 53.9 Å². The standard InChI is InChI=1S/C14H22N8O/c1-3-6-22-14(16-18-19-22)10-20-7-4-12(9-20)21-8-5-13(17-21)15-11(2)23/h5,8,12H,3-4,6-7,9-10H2,1-2H3,(H,15,17,23)/t12-/m1/s1. The number of likely N-dealkylation sites (tertiary alicyclic amines) is 1. The van der Waals surface area contributed by atoms with Crippen molar-refractivity contribution in [2.75, 3.05) is 18.4 Å². The second-order valence-electron chi connectivity index (χ2n) is 5.86. The number of nitrogens with one attached hydrogen (secondary N) is 1. The van der Waals surface area contributed by atoms with Crippen LogP contribution in [0.25, 0.3) is 0 Å². The third-order valence-corrected chi connectivity index (χ3v) is 3.94. The van der Waals surface area contributed by atoms with Gasteiger partial charge < -0.3 is 5.32 Å². The third kappa shape index (κ3) is 3.73. The monoisotopic (exact) mass is 318 g/mol. The Bertz CT molecular complexity index is 663. The molecule has 0 radical (unpaired) electrons. The maximum absolute atomic E-state index is 11.1. The fourth-order valence-corrected chi connectivity index (χ4v) is 2.88. The summed E-state index contributed by atoms with van der Waals surface area (Å²) < 4.78 is 3.80. The Labute approximate surface area is 134 Å². The Balaban J connectivity index is 1.58. The van der Waals surface area contributed by atoms with Gasteiger partial charge in [0.2, 0.25) is 5.91 Å². The minimum Gasteiger partial charge on any atom is -0.309 e. The quantitative estimate of drug-likeness (QED) is 0.842. The summed E-state index contributed by atoms with van der Waals surface area (Å²) in [4.78, 5) is 13.4. The third-order valence-electron chi connectivity index (χ3n) is 3.94. The van der Waals surface area contributed by atoms with Gasteiger partial charge in [-0.05, 0) is 23.3 Å². The van der Waals surface area contributed by atoms with Gasteiger partial charge >= 0.3 is 0 Å². The van der Waals surface area contributed by atoms with Crippen molar-refractivity contribution in [3.05, 3.63) is 18.1 Å². The average Bonchev–Trinajstić information content (AvgIpc) is 3.21. The summed E-state index contributed by atoms with van der Waals surface area (Å²) in [5.41, 5.74) is 0. The van der Waals surface area contributed by atoms with Gasteiger partial charge in [0.05, 0.1) is 12.6 Å². The lowest BCUT2D eigenvalue weighted by atomic mass is 10.3. The Kier molecular flexibility index (Phi) is 4.65. The van der Waals surface area contributed by atoms with Crippen LogP contribution < -0.4 is 5.32 Å². The molecule has 3 heterocycles. The molecule has 1 amide bonds. The van der Waals surface area contributed by atoms with Crippen LogP contribution in [0.3, 0.4) is 0 Å². The number of amides is 1. The summed E-state index contributed by atoms with van der Waals surface area (Å²) in [7, 11) is 0. The van der Waals surface area contributed by atoms with Gasteiger partial charge in [0.25, 0.3) is 0 Å². The van der Waals surface area contributed by atoms with Crippen LogP contribution in [0.15, 0.2) is 12.3 Å². The topological polar surface area (TPSA) is 93.8 Å². The summed E-state index contributed by atoms with van der Waals surface area (Å²) in [6.07, 6.45) is 3.96. The van der Waals surface area contributed by atoms with E-state index in [1.54, 1.807) is 0 Å². The van der Waals surface area contributed by atoms with Crippen molar-refractivity contribution in [1.29, 1.82) is 0 Å². The number of carbonyl (C=O) groups is 1. The van der Waals surface area contributed by atoms with E-state index in [1.165, 1.54) is 6.92 Å². The van der Waals surface area contributed by atoms with Gasteiger partial charge in [0, 0.05) is 38.8 Å². The van der Waals surface area contributed by atoms with Crippen molar-refractivity contribution in [3.8, 4) is 0 Å². The number of hydrogen-bond donors (Lipinski definition) is 1. The van der Waals surface area contributed by atoms with Gasteiger partial charge in [-0.15, -0.1) is 5.10 Å². The molecule has 1 aliphatic rings. The normalized spacial score (nSPS) is 18.4. The van der Waals surface area contributed by atoms with Crippen LogP contribution in [0.4, 0.5) is 5.82 Å². The Morgan fingerprint density at radius 3 is 3.13 bits per heavy atom. The molecule has 1 fully saturated rings. The molecule has 0 bridgehead atoms. The molecule has 2 aromatic rings. The molecule has 0 unspecified atom stereocenters. The van der Waals surface area contributed by atoms with Crippen molar-refractivity contribution in [1.82, 2.24) is 34.9 Å². The zero-order valence-corrected chi connectivity index (χ0v) is 13.5. The van der Waals surface area contributed by atoms with E-state index in [0.29, 0.717) is 11.9 Å². The minimum absolute atomic E-state index is 0.106. The average molecular weight is 318 g/mol. The first-order valence-corrected chi connectivity index (χ1v) is 7.96. The Morgan fingerprint density at radius 1 is 1.48 bits per heavy atom. The SMILES string of the molecule is CCCn1nnnc1CN1CC[C@@H](n2ccc(NC(C)=O)n2)C1. The zero-order chi connectivity index (χ0) is 16.2. The molecule has 3 rings (SSSR count). The molecule has 1 aliphatic heterocycles. The largest absolute Gasteiger partial charge is 0.309 e. The summed E-state index contributed by atoms with van der Waals surface area (Å²) >= 11 is 0. The molecular weight excluding hydrogens is 296 g/mol. The predicted molar refractivity (Wildman–Crippen MR) is 83.6 cm³/mol. The van der Waals surface area contributed by atoms with E-state index in [2.05, 4.69) is 37.8 Å². The van der Waals surface area contributed by atoms with Gasteiger partial charge in [-0.3, -0.25) is 14.4 Å². The summed E-state index contributed by atoms with van der Waals surface area (Å²) in [5, 5.41) is 19.0. The highest BCUT2D eigenvalue weighted by atomic mass is 16.1. The van der Waals surface area contributed by atoms with Crippen LogP contribution in [0, 0.1) is 0 Å². The first-order chi connectivity index (χ1) is 11.2. The van der Waals surface area contributed by atoms with E-state index in [1.807, 2.05) is 21.6 Å². The van der Waals surface area contributed by atoms with Crippen LogP contribution in [0.2, 0.25) is 0 Å². The van der Waals surface area contributed by atoms with Gasteiger partial charge in [0.15, 0.2) is 11.6 Å². The van der Waals surface area contributed by atoms with Crippen LogP contribution in [0.5, 0.6) is 0 Å². The molecule has 1 N–H and O–H groups in total.